The number of hydrazine groups is 1. The van der Waals surface area contributed by atoms with Crippen molar-refractivity contribution in [1.82, 2.24) is 5.43 Å². The third-order valence-corrected chi connectivity index (χ3v) is 3.65. The topological polar surface area (TPSA) is 50.4 Å². The van der Waals surface area contributed by atoms with E-state index in [1.54, 1.807) is 12.3 Å². The number of benzene rings is 1. The molecule has 4 nitrogen and oxygen atoms in total. The molecule has 0 aliphatic heterocycles. The standard InChI is InChI=1S/C12H11F5N2O2S2.C2H6/c1-3-21-11(20)4(2)23-12(22)19-18-10-8(16)6(14)5(13)7(15)9(10)17;1-2/h4,18H,3H2,1-2H3,(H,19,22);1-2H3. The molecule has 0 spiro atoms. The van der Waals surface area contributed by atoms with E-state index in [1.165, 1.54) is 6.92 Å². The Morgan fingerprint density at radius 3 is 1.96 bits per heavy atom. The molecule has 0 aliphatic carbocycles. The Balaban J connectivity index is 0.00000277. The summed E-state index contributed by atoms with van der Waals surface area (Å²) in [6, 6.07) is 0. The second kappa shape index (κ2) is 11.1. The van der Waals surface area contributed by atoms with E-state index in [4.69, 9.17) is 17.0 Å². The van der Waals surface area contributed by atoms with Crippen molar-refractivity contribution in [2.75, 3.05) is 12.0 Å². The van der Waals surface area contributed by atoms with Crippen molar-refractivity contribution in [2.45, 2.75) is 32.9 Å². The number of thioether (sulfide) groups is 1. The van der Waals surface area contributed by atoms with Gasteiger partial charge in [0.15, 0.2) is 27.6 Å². The van der Waals surface area contributed by atoms with E-state index in [2.05, 4.69) is 5.43 Å². The maximum absolute atomic E-state index is 13.4. The first-order valence-corrected chi connectivity index (χ1v) is 8.40. The molecule has 2 N–H and O–H groups in total. The molecule has 25 heavy (non-hydrogen) atoms. The van der Waals surface area contributed by atoms with Crippen LogP contribution in [0.1, 0.15) is 27.7 Å². The van der Waals surface area contributed by atoms with Crippen LogP contribution in [0.3, 0.4) is 0 Å². The number of esters is 1. The summed E-state index contributed by atoms with van der Waals surface area (Å²) in [4.78, 5) is 11.4. The first-order chi connectivity index (χ1) is 11.7. The molecule has 1 aromatic carbocycles. The minimum atomic E-state index is -2.27. The Bertz CT molecular complexity index is 603. The summed E-state index contributed by atoms with van der Waals surface area (Å²) in [7, 11) is 0. The molecule has 0 aliphatic rings. The number of thiocarbonyl (C=S) groups is 1. The summed E-state index contributed by atoms with van der Waals surface area (Å²) in [5.41, 5.74) is 2.60. The lowest BCUT2D eigenvalue weighted by molar-refractivity contribution is -0.142. The van der Waals surface area contributed by atoms with Crippen molar-refractivity contribution in [1.29, 1.82) is 0 Å². The molecule has 1 atom stereocenters. The number of hydrogen-bond donors (Lipinski definition) is 2. The van der Waals surface area contributed by atoms with E-state index in [9.17, 15) is 26.7 Å². The van der Waals surface area contributed by atoms with Gasteiger partial charge in [-0.15, -0.1) is 0 Å². The predicted molar refractivity (Wildman–Crippen MR) is 90.6 cm³/mol. The molecular weight excluding hydrogens is 387 g/mol. The van der Waals surface area contributed by atoms with Gasteiger partial charge in [-0.2, -0.15) is 0 Å². The Morgan fingerprint density at radius 2 is 1.52 bits per heavy atom. The minimum Gasteiger partial charge on any atom is -0.465 e. The molecule has 0 saturated heterocycles. The number of halogens is 5. The number of carbonyl (C=O) groups excluding carboxylic acids is 1. The summed E-state index contributed by atoms with van der Waals surface area (Å²) in [6.45, 7) is 7.23. The summed E-state index contributed by atoms with van der Waals surface area (Å²) in [5.74, 6) is -11.1. The first-order valence-electron chi connectivity index (χ1n) is 7.11. The molecule has 0 radical (unpaired) electrons. The van der Waals surface area contributed by atoms with Crippen LogP contribution in [0.2, 0.25) is 0 Å². The average molecular weight is 404 g/mol. The fourth-order valence-corrected chi connectivity index (χ4v) is 2.41. The second-order valence-electron chi connectivity index (χ2n) is 3.99. The molecule has 0 fully saturated rings. The molecule has 0 bridgehead atoms. The van der Waals surface area contributed by atoms with Gasteiger partial charge in [-0.3, -0.25) is 15.6 Å². The van der Waals surface area contributed by atoms with Crippen LogP contribution in [0, 0.1) is 29.1 Å². The summed E-state index contributed by atoms with van der Waals surface area (Å²) >= 11 is 5.55. The van der Waals surface area contributed by atoms with Crippen molar-refractivity contribution in [2.24, 2.45) is 0 Å². The number of nitrogens with one attached hydrogen (secondary N) is 2. The fraction of sp³-hybridized carbons (Fsp3) is 0.429. The van der Waals surface area contributed by atoms with E-state index in [-0.39, 0.29) is 10.9 Å². The number of carbonyl (C=O) groups is 1. The Kier molecular flexibility index (Phi) is 10.4. The normalized spacial score (nSPS) is 11.1. The van der Waals surface area contributed by atoms with Gasteiger partial charge in [-0.25, -0.2) is 22.0 Å². The van der Waals surface area contributed by atoms with E-state index in [1.807, 2.05) is 13.8 Å². The van der Waals surface area contributed by atoms with Crippen molar-refractivity contribution in [3.63, 3.8) is 0 Å². The van der Waals surface area contributed by atoms with Crippen molar-refractivity contribution in [3.05, 3.63) is 29.1 Å². The van der Waals surface area contributed by atoms with E-state index < -0.39 is 46.0 Å². The van der Waals surface area contributed by atoms with Crippen LogP contribution < -0.4 is 10.9 Å². The molecule has 0 aromatic heterocycles. The molecule has 0 heterocycles. The number of ether oxygens (including phenoxy) is 1. The van der Waals surface area contributed by atoms with Crippen LogP contribution in [-0.2, 0) is 9.53 Å². The van der Waals surface area contributed by atoms with Crippen LogP contribution in [0.25, 0.3) is 0 Å². The van der Waals surface area contributed by atoms with Gasteiger partial charge >= 0.3 is 5.97 Å². The van der Waals surface area contributed by atoms with Crippen LogP contribution in [0.4, 0.5) is 27.6 Å². The highest BCUT2D eigenvalue weighted by atomic mass is 32.2. The van der Waals surface area contributed by atoms with Crippen LogP contribution in [0.15, 0.2) is 0 Å². The second-order valence-corrected chi connectivity index (χ2v) is 6.01. The Hall–Kier alpha value is -1.62. The third kappa shape index (κ3) is 6.31. The highest BCUT2D eigenvalue weighted by Gasteiger charge is 2.26. The minimum absolute atomic E-state index is 0.158. The lowest BCUT2D eigenvalue weighted by Gasteiger charge is -2.15. The zero-order valence-electron chi connectivity index (χ0n) is 13.8. The third-order valence-electron chi connectivity index (χ3n) is 2.40. The van der Waals surface area contributed by atoms with Gasteiger partial charge in [-0.05, 0) is 13.8 Å². The fourth-order valence-electron chi connectivity index (χ4n) is 1.33. The molecule has 142 valence electrons. The lowest BCUT2D eigenvalue weighted by atomic mass is 10.2. The number of anilines is 1. The molecular formula is C14H17F5N2O2S2. The van der Waals surface area contributed by atoms with Crippen LogP contribution >= 0.6 is 24.0 Å². The first kappa shape index (κ1) is 23.4. The van der Waals surface area contributed by atoms with Gasteiger partial charge in [0.1, 0.15) is 10.9 Å². The van der Waals surface area contributed by atoms with Crippen LogP contribution in [-0.4, -0.2) is 22.1 Å². The zero-order valence-corrected chi connectivity index (χ0v) is 15.4. The highest BCUT2D eigenvalue weighted by molar-refractivity contribution is 8.23. The van der Waals surface area contributed by atoms with Gasteiger partial charge in [-0.1, -0.05) is 37.8 Å². The Labute approximate surface area is 151 Å². The monoisotopic (exact) mass is 404 g/mol. The largest absolute Gasteiger partial charge is 0.465 e. The summed E-state index contributed by atoms with van der Waals surface area (Å²) < 4.78 is 70.2. The number of rotatable bonds is 5. The maximum atomic E-state index is 13.4. The lowest BCUT2D eigenvalue weighted by Crippen LogP contribution is -2.30. The molecule has 1 rings (SSSR count). The average Bonchev–Trinajstić information content (AvgIpc) is 2.60. The Morgan fingerprint density at radius 1 is 1.08 bits per heavy atom. The number of hydrogen-bond acceptors (Lipinski definition) is 5. The quantitative estimate of drug-likeness (QED) is 0.191. The van der Waals surface area contributed by atoms with E-state index in [0.717, 1.165) is 11.8 Å². The summed E-state index contributed by atoms with van der Waals surface area (Å²) in [5, 5.41) is -0.729. The van der Waals surface area contributed by atoms with Gasteiger partial charge < -0.3 is 4.74 Å². The van der Waals surface area contributed by atoms with E-state index in [0.29, 0.717) is 0 Å². The summed E-state index contributed by atoms with van der Waals surface area (Å²) in [6.07, 6.45) is 0. The molecule has 1 aromatic rings. The molecule has 11 heteroatoms. The van der Waals surface area contributed by atoms with Gasteiger partial charge in [0.2, 0.25) is 5.82 Å². The van der Waals surface area contributed by atoms with Crippen molar-refractivity contribution in [3.8, 4) is 0 Å². The highest BCUT2D eigenvalue weighted by Crippen LogP contribution is 2.26. The van der Waals surface area contributed by atoms with Gasteiger partial charge in [0, 0.05) is 0 Å². The predicted octanol–water partition coefficient (Wildman–Crippen LogP) is 4.29. The molecule has 1 unspecified atom stereocenters. The van der Waals surface area contributed by atoms with Crippen molar-refractivity contribution >= 4 is 40.0 Å². The van der Waals surface area contributed by atoms with E-state index >= 15 is 0 Å². The smallest absolute Gasteiger partial charge is 0.319 e. The van der Waals surface area contributed by atoms with Gasteiger partial charge in [0.05, 0.1) is 6.61 Å². The van der Waals surface area contributed by atoms with Crippen LogP contribution in [0.5, 0.6) is 0 Å². The SMILES string of the molecule is CC.CCOC(=O)C(C)SC(=S)NNc1c(F)c(F)c(F)c(F)c1F. The zero-order chi connectivity index (χ0) is 19.7. The molecule has 0 saturated carbocycles. The van der Waals surface area contributed by atoms with Crippen molar-refractivity contribution < 1.29 is 31.5 Å². The molecule has 0 amide bonds. The maximum Gasteiger partial charge on any atom is 0.319 e. The van der Waals surface area contributed by atoms with Gasteiger partial charge in [0.25, 0.3) is 0 Å².